The lowest BCUT2D eigenvalue weighted by Crippen LogP contribution is -2.03. The molecule has 0 atom stereocenters. The fourth-order valence-electron chi connectivity index (χ4n) is 1.51. The summed E-state index contributed by atoms with van der Waals surface area (Å²) in [5.41, 5.74) is 0.654. The SMILES string of the molecule is Cc1ccc(C(=O)c2cccc(C)c2F)s1. The highest BCUT2D eigenvalue weighted by Gasteiger charge is 2.16. The first-order valence-corrected chi connectivity index (χ1v) is 5.77. The van der Waals surface area contributed by atoms with Crippen LogP contribution in [0.5, 0.6) is 0 Å². The predicted octanol–water partition coefficient (Wildman–Crippen LogP) is 3.74. The van der Waals surface area contributed by atoms with Gasteiger partial charge < -0.3 is 0 Å². The zero-order valence-electron chi connectivity index (χ0n) is 9.08. The lowest BCUT2D eigenvalue weighted by atomic mass is 10.1. The second-order valence-corrected chi connectivity index (χ2v) is 4.96. The lowest BCUT2D eigenvalue weighted by Gasteiger charge is -2.02. The fraction of sp³-hybridized carbons (Fsp3) is 0.154. The molecule has 1 heterocycles. The third-order valence-corrected chi connectivity index (χ3v) is 3.40. The van der Waals surface area contributed by atoms with Crippen LogP contribution in [0.3, 0.4) is 0 Å². The molecular formula is C13H11FOS. The monoisotopic (exact) mass is 234 g/mol. The average Bonchev–Trinajstić information content (AvgIpc) is 2.68. The minimum absolute atomic E-state index is 0.154. The van der Waals surface area contributed by atoms with E-state index < -0.39 is 5.82 Å². The molecule has 1 nitrogen and oxygen atoms in total. The molecule has 2 aromatic rings. The van der Waals surface area contributed by atoms with Crippen molar-refractivity contribution in [3.8, 4) is 0 Å². The Bertz CT molecular complexity index is 543. The van der Waals surface area contributed by atoms with Gasteiger partial charge in [0, 0.05) is 4.88 Å². The van der Waals surface area contributed by atoms with Crippen LogP contribution in [0.1, 0.15) is 25.7 Å². The topological polar surface area (TPSA) is 17.1 Å². The van der Waals surface area contributed by atoms with E-state index in [0.717, 1.165) is 4.88 Å². The number of carbonyl (C=O) groups excluding carboxylic acids is 1. The van der Waals surface area contributed by atoms with Crippen LogP contribution in [0.2, 0.25) is 0 Å². The van der Waals surface area contributed by atoms with Crippen molar-refractivity contribution in [3.05, 3.63) is 57.0 Å². The smallest absolute Gasteiger partial charge is 0.205 e. The van der Waals surface area contributed by atoms with Gasteiger partial charge >= 0.3 is 0 Å². The van der Waals surface area contributed by atoms with Gasteiger partial charge in [0.1, 0.15) is 5.82 Å². The van der Waals surface area contributed by atoms with Crippen molar-refractivity contribution in [2.75, 3.05) is 0 Å². The van der Waals surface area contributed by atoms with Crippen molar-refractivity contribution in [1.82, 2.24) is 0 Å². The number of ketones is 1. The van der Waals surface area contributed by atoms with Gasteiger partial charge in [0.05, 0.1) is 10.4 Å². The number of hydrogen-bond acceptors (Lipinski definition) is 2. The Hall–Kier alpha value is -1.48. The number of halogens is 1. The molecule has 0 saturated heterocycles. The zero-order chi connectivity index (χ0) is 11.7. The Morgan fingerprint density at radius 1 is 1.19 bits per heavy atom. The van der Waals surface area contributed by atoms with Crippen LogP contribution < -0.4 is 0 Å². The first-order chi connectivity index (χ1) is 7.59. The second kappa shape index (κ2) is 4.18. The molecule has 1 aromatic carbocycles. The maximum atomic E-state index is 13.7. The highest BCUT2D eigenvalue weighted by Crippen LogP contribution is 2.21. The number of thiophene rings is 1. The van der Waals surface area contributed by atoms with Gasteiger partial charge in [0.2, 0.25) is 5.78 Å². The summed E-state index contributed by atoms with van der Waals surface area (Å²) < 4.78 is 13.7. The van der Waals surface area contributed by atoms with Gasteiger partial charge in [-0.3, -0.25) is 4.79 Å². The minimum atomic E-state index is -0.418. The molecule has 0 radical (unpaired) electrons. The van der Waals surface area contributed by atoms with E-state index in [1.807, 2.05) is 13.0 Å². The van der Waals surface area contributed by atoms with E-state index >= 15 is 0 Å². The maximum Gasteiger partial charge on any atom is 0.205 e. The van der Waals surface area contributed by atoms with Crippen molar-refractivity contribution in [3.63, 3.8) is 0 Å². The number of carbonyl (C=O) groups is 1. The summed E-state index contributed by atoms with van der Waals surface area (Å²) in [6.45, 7) is 3.58. The molecule has 0 N–H and O–H groups in total. The summed E-state index contributed by atoms with van der Waals surface area (Å²) in [5.74, 6) is -0.655. The number of benzene rings is 1. The number of rotatable bonds is 2. The zero-order valence-corrected chi connectivity index (χ0v) is 9.90. The highest BCUT2D eigenvalue weighted by atomic mass is 32.1. The van der Waals surface area contributed by atoms with Crippen LogP contribution in [0, 0.1) is 19.7 Å². The van der Waals surface area contributed by atoms with Crippen LogP contribution in [-0.2, 0) is 0 Å². The van der Waals surface area contributed by atoms with E-state index in [-0.39, 0.29) is 11.3 Å². The van der Waals surface area contributed by atoms with Crippen LogP contribution >= 0.6 is 11.3 Å². The van der Waals surface area contributed by atoms with Crippen molar-refractivity contribution >= 4 is 17.1 Å². The van der Waals surface area contributed by atoms with Gasteiger partial charge in [0.25, 0.3) is 0 Å². The highest BCUT2D eigenvalue weighted by molar-refractivity contribution is 7.14. The van der Waals surface area contributed by atoms with Crippen molar-refractivity contribution < 1.29 is 9.18 Å². The van der Waals surface area contributed by atoms with E-state index in [0.29, 0.717) is 10.4 Å². The summed E-state index contributed by atoms with van der Waals surface area (Å²) in [6.07, 6.45) is 0. The largest absolute Gasteiger partial charge is 0.288 e. The van der Waals surface area contributed by atoms with E-state index in [2.05, 4.69) is 0 Å². The summed E-state index contributed by atoms with van der Waals surface area (Å²) in [6, 6.07) is 8.49. The Labute approximate surface area is 97.6 Å². The summed E-state index contributed by atoms with van der Waals surface area (Å²) in [4.78, 5) is 13.6. The Morgan fingerprint density at radius 2 is 1.94 bits per heavy atom. The molecule has 0 aliphatic rings. The predicted molar refractivity (Wildman–Crippen MR) is 63.6 cm³/mol. The van der Waals surface area contributed by atoms with Gasteiger partial charge in [-0.15, -0.1) is 11.3 Å². The molecule has 0 unspecified atom stereocenters. The number of hydrogen-bond donors (Lipinski definition) is 0. The molecule has 0 bridgehead atoms. The van der Waals surface area contributed by atoms with Gasteiger partial charge in [-0.05, 0) is 37.6 Å². The van der Waals surface area contributed by atoms with E-state index in [1.165, 1.54) is 17.4 Å². The fourth-order valence-corrected chi connectivity index (χ4v) is 2.33. The summed E-state index contributed by atoms with van der Waals surface area (Å²) in [5, 5.41) is 0. The number of aryl methyl sites for hydroxylation is 2. The second-order valence-electron chi connectivity index (χ2n) is 3.68. The first kappa shape index (κ1) is 11.0. The molecule has 3 heteroatoms. The molecule has 16 heavy (non-hydrogen) atoms. The molecule has 0 saturated carbocycles. The Balaban J connectivity index is 2.45. The van der Waals surface area contributed by atoms with Gasteiger partial charge in [-0.2, -0.15) is 0 Å². The molecule has 0 aliphatic carbocycles. The molecule has 0 amide bonds. The van der Waals surface area contributed by atoms with Gasteiger partial charge in [-0.25, -0.2) is 4.39 Å². The van der Waals surface area contributed by atoms with Crippen LogP contribution in [-0.4, -0.2) is 5.78 Å². The van der Waals surface area contributed by atoms with Crippen molar-refractivity contribution in [2.24, 2.45) is 0 Å². The molecule has 0 aliphatic heterocycles. The van der Waals surface area contributed by atoms with E-state index in [4.69, 9.17) is 0 Å². The van der Waals surface area contributed by atoms with E-state index in [1.54, 1.807) is 25.1 Å². The maximum absolute atomic E-state index is 13.7. The minimum Gasteiger partial charge on any atom is -0.288 e. The third-order valence-electron chi connectivity index (χ3n) is 2.40. The van der Waals surface area contributed by atoms with E-state index in [9.17, 15) is 9.18 Å². The Morgan fingerprint density at radius 3 is 2.56 bits per heavy atom. The van der Waals surface area contributed by atoms with Crippen LogP contribution in [0.15, 0.2) is 30.3 Å². The van der Waals surface area contributed by atoms with Crippen molar-refractivity contribution in [2.45, 2.75) is 13.8 Å². The van der Waals surface area contributed by atoms with Crippen LogP contribution in [0.25, 0.3) is 0 Å². The quantitative estimate of drug-likeness (QED) is 0.723. The van der Waals surface area contributed by atoms with Crippen molar-refractivity contribution in [1.29, 1.82) is 0 Å². The molecule has 0 spiro atoms. The average molecular weight is 234 g/mol. The first-order valence-electron chi connectivity index (χ1n) is 4.96. The molecule has 1 aromatic heterocycles. The molecule has 2 rings (SSSR count). The Kier molecular flexibility index (Phi) is 2.88. The lowest BCUT2D eigenvalue weighted by molar-refractivity contribution is 0.103. The van der Waals surface area contributed by atoms with Crippen LogP contribution in [0.4, 0.5) is 4.39 Å². The normalized spacial score (nSPS) is 10.4. The van der Waals surface area contributed by atoms with Gasteiger partial charge in [0.15, 0.2) is 0 Å². The molecule has 0 fully saturated rings. The molecule has 82 valence electrons. The summed E-state index contributed by atoms with van der Waals surface area (Å²) >= 11 is 1.39. The standard InChI is InChI=1S/C13H11FOS/c1-8-4-3-5-10(12(8)14)13(15)11-7-6-9(2)16-11/h3-7H,1-2H3. The molecular weight excluding hydrogens is 223 g/mol. The van der Waals surface area contributed by atoms with Gasteiger partial charge in [-0.1, -0.05) is 12.1 Å². The third kappa shape index (κ3) is 1.91. The summed E-state index contributed by atoms with van der Waals surface area (Å²) in [7, 11) is 0.